The molecule has 0 aliphatic carbocycles. The van der Waals surface area contributed by atoms with Crippen LogP contribution in [0.3, 0.4) is 0 Å². The van der Waals surface area contributed by atoms with Crippen LogP contribution in [0.1, 0.15) is 37.7 Å². The van der Waals surface area contributed by atoms with Gasteiger partial charge in [0, 0.05) is 24.5 Å². The van der Waals surface area contributed by atoms with Gasteiger partial charge in [-0.05, 0) is 51.6 Å². The standard InChI is InChI=1S/C19H30N4O2/c1-15-9-10-16(13-17(15)21-18(24)14-22(2)3)20-19(25)23-11-7-5-4-6-8-12-23/h9-10,13H,4-8,11-12,14H2,1-3H3,(H,20,25)(H,21,24). The number of aryl methyl sites for hydroxylation is 1. The van der Waals surface area contributed by atoms with E-state index < -0.39 is 0 Å². The van der Waals surface area contributed by atoms with E-state index >= 15 is 0 Å². The van der Waals surface area contributed by atoms with Crippen LogP contribution in [0.4, 0.5) is 16.2 Å². The van der Waals surface area contributed by atoms with Crippen molar-refractivity contribution in [3.8, 4) is 0 Å². The Morgan fingerprint density at radius 2 is 1.68 bits per heavy atom. The number of urea groups is 1. The molecule has 0 bridgehead atoms. The molecule has 1 aliphatic rings. The van der Waals surface area contributed by atoms with Crippen molar-refractivity contribution in [1.29, 1.82) is 0 Å². The zero-order valence-electron chi connectivity index (χ0n) is 15.6. The Hall–Kier alpha value is -2.08. The Morgan fingerprint density at radius 3 is 2.32 bits per heavy atom. The van der Waals surface area contributed by atoms with Gasteiger partial charge in [0.25, 0.3) is 0 Å². The Labute approximate surface area is 150 Å². The highest BCUT2D eigenvalue weighted by molar-refractivity contribution is 5.95. The number of benzene rings is 1. The van der Waals surface area contributed by atoms with Crippen molar-refractivity contribution in [3.63, 3.8) is 0 Å². The molecule has 1 heterocycles. The van der Waals surface area contributed by atoms with Gasteiger partial charge >= 0.3 is 6.03 Å². The number of nitrogens with one attached hydrogen (secondary N) is 2. The molecule has 0 radical (unpaired) electrons. The third kappa shape index (κ3) is 6.38. The molecule has 6 heteroatoms. The second-order valence-electron chi connectivity index (χ2n) is 7.00. The Kier molecular flexibility index (Phi) is 7.25. The second kappa shape index (κ2) is 9.42. The van der Waals surface area contributed by atoms with Crippen LogP contribution in [0, 0.1) is 6.92 Å². The summed E-state index contributed by atoms with van der Waals surface area (Å²) in [6.07, 6.45) is 5.77. The minimum Gasteiger partial charge on any atom is -0.325 e. The highest BCUT2D eigenvalue weighted by Crippen LogP contribution is 2.21. The number of carbonyl (C=O) groups excluding carboxylic acids is 2. The van der Waals surface area contributed by atoms with E-state index in [9.17, 15) is 9.59 Å². The fraction of sp³-hybridized carbons (Fsp3) is 0.579. The van der Waals surface area contributed by atoms with Gasteiger partial charge in [-0.25, -0.2) is 4.79 Å². The predicted molar refractivity (Wildman–Crippen MR) is 102 cm³/mol. The van der Waals surface area contributed by atoms with E-state index in [-0.39, 0.29) is 11.9 Å². The van der Waals surface area contributed by atoms with Crippen LogP contribution in [0.25, 0.3) is 0 Å². The molecule has 1 aliphatic heterocycles. The highest BCUT2D eigenvalue weighted by atomic mass is 16.2. The summed E-state index contributed by atoms with van der Waals surface area (Å²) in [6.45, 7) is 3.88. The lowest BCUT2D eigenvalue weighted by atomic mass is 10.1. The number of nitrogens with zero attached hydrogens (tertiary/aromatic N) is 2. The first-order valence-corrected chi connectivity index (χ1v) is 9.07. The van der Waals surface area contributed by atoms with E-state index in [1.165, 1.54) is 19.3 Å². The van der Waals surface area contributed by atoms with Gasteiger partial charge in [0.05, 0.1) is 6.54 Å². The fourth-order valence-electron chi connectivity index (χ4n) is 2.96. The van der Waals surface area contributed by atoms with Crippen molar-refractivity contribution in [2.24, 2.45) is 0 Å². The second-order valence-corrected chi connectivity index (χ2v) is 7.00. The van der Waals surface area contributed by atoms with E-state index in [1.807, 2.05) is 49.0 Å². The molecular weight excluding hydrogens is 316 g/mol. The van der Waals surface area contributed by atoms with Crippen LogP contribution >= 0.6 is 0 Å². The number of amides is 3. The van der Waals surface area contributed by atoms with E-state index in [4.69, 9.17) is 0 Å². The number of rotatable bonds is 4. The summed E-state index contributed by atoms with van der Waals surface area (Å²) in [6, 6.07) is 5.55. The molecule has 1 aromatic carbocycles. The lowest BCUT2D eigenvalue weighted by Gasteiger charge is -2.25. The van der Waals surface area contributed by atoms with E-state index in [0.717, 1.165) is 37.2 Å². The van der Waals surface area contributed by atoms with Crippen molar-refractivity contribution in [2.75, 3.05) is 44.4 Å². The van der Waals surface area contributed by atoms with Gasteiger partial charge in [-0.1, -0.05) is 25.3 Å². The minimum absolute atomic E-state index is 0.0590. The zero-order valence-corrected chi connectivity index (χ0v) is 15.6. The van der Waals surface area contributed by atoms with Crippen LogP contribution in [0.15, 0.2) is 18.2 Å². The lowest BCUT2D eigenvalue weighted by Crippen LogP contribution is -2.37. The molecule has 1 aromatic rings. The van der Waals surface area contributed by atoms with Gasteiger partial charge in [0.1, 0.15) is 0 Å². The number of carbonyl (C=O) groups is 2. The lowest BCUT2D eigenvalue weighted by molar-refractivity contribution is -0.116. The summed E-state index contributed by atoms with van der Waals surface area (Å²) in [7, 11) is 3.71. The van der Waals surface area contributed by atoms with Crippen LogP contribution < -0.4 is 10.6 Å². The topological polar surface area (TPSA) is 64.7 Å². The summed E-state index contributed by atoms with van der Waals surface area (Å²) in [4.78, 5) is 28.2. The van der Waals surface area contributed by atoms with Crippen molar-refractivity contribution in [1.82, 2.24) is 9.80 Å². The first kappa shape index (κ1) is 19.2. The zero-order chi connectivity index (χ0) is 18.2. The molecule has 138 valence electrons. The molecule has 3 amide bonds. The maximum atomic E-state index is 12.5. The van der Waals surface area contributed by atoms with E-state index in [1.54, 1.807) is 0 Å². The van der Waals surface area contributed by atoms with E-state index in [0.29, 0.717) is 12.2 Å². The number of likely N-dealkylation sites (N-methyl/N-ethyl adjacent to an activating group) is 1. The fourth-order valence-corrected chi connectivity index (χ4v) is 2.96. The Balaban J connectivity index is 2.00. The Bertz CT molecular complexity index is 593. The quantitative estimate of drug-likeness (QED) is 0.879. The summed E-state index contributed by atoms with van der Waals surface area (Å²) in [5, 5.41) is 5.87. The summed E-state index contributed by atoms with van der Waals surface area (Å²) < 4.78 is 0. The van der Waals surface area contributed by atoms with Gasteiger partial charge in [0.2, 0.25) is 5.91 Å². The molecular formula is C19H30N4O2. The van der Waals surface area contributed by atoms with Gasteiger partial charge < -0.3 is 20.4 Å². The largest absolute Gasteiger partial charge is 0.325 e. The Morgan fingerprint density at radius 1 is 1.04 bits per heavy atom. The van der Waals surface area contributed by atoms with E-state index in [2.05, 4.69) is 10.6 Å². The van der Waals surface area contributed by atoms with Crippen molar-refractivity contribution in [2.45, 2.75) is 39.0 Å². The SMILES string of the molecule is Cc1ccc(NC(=O)N2CCCCCCC2)cc1NC(=O)CN(C)C. The molecule has 2 rings (SSSR count). The average molecular weight is 346 g/mol. The molecule has 0 saturated carbocycles. The smallest absolute Gasteiger partial charge is 0.321 e. The number of hydrogen-bond acceptors (Lipinski definition) is 3. The number of likely N-dealkylation sites (tertiary alicyclic amines) is 1. The van der Waals surface area contributed by atoms with Crippen molar-refractivity contribution < 1.29 is 9.59 Å². The average Bonchev–Trinajstić information content (AvgIpc) is 2.49. The summed E-state index contributed by atoms with van der Waals surface area (Å²) in [5.41, 5.74) is 2.41. The number of anilines is 2. The molecule has 25 heavy (non-hydrogen) atoms. The van der Waals surface area contributed by atoms with Crippen LogP contribution in [0.2, 0.25) is 0 Å². The summed E-state index contributed by atoms with van der Waals surface area (Å²) in [5.74, 6) is -0.0691. The molecule has 0 spiro atoms. The van der Waals surface area contributed by atoms with Crippen LogP contribution in [0.5, 0.6) is 0 Å². The van der Waals surface area contributed by atoms with Gasteiger partial charge in [-0.15, -0.1) is 0 Å². The molecule has 1 fully saturated rings. The third-order valence-corrected chi connectivity index (χ3v) is 4.37. The molecule has 6 nitrogen and oxygen atoms in total. The molecule has 0 aromatic heterocycles. The predicted octanol–water partition coefficient (Wildman–Crippen LogP) is 3.29. The first-order chi connectivity index (χ1) is 12.0. The first-order valence-electron chi connectivity index (χ1n) is 9.07. The van der Waals surface area contributed by atoms with Crippen molar-refractivity contribution >= 4 is 23.3 Å². The minimum atomic E-state index is -0.0691. The van der Waals surface area contributed by atoms with Gasteiger partial charge in [-0.3, -0.25) is 4.79 Å². The van der Waals surface area contributed by atoms with Crippen molar-refractivity contribution in [3.05, 3.63) is 23.8 Å². The third-order valence-electron chi connectivity index (χ3n) is 4.37. The highest BCUT2D eigenvalue weighted by Gasteiger charge is 2.15. The monoisotopic (exact) mass is 346 g/mol. The normalized spacial score (nSPS) is 15.4. The molecule has 0 unspecified atom stereocenters. The van der Waals surface area contributed by atoms with Crippen LogP contribution in [-0.2, 0) is 4.79 Å². The molecule has 2 N–H and O–H groups in total. The summed E-state index contributed by atoms with van der Waals surface area (Å²) >= 11 is 0. The number of hydrogen-bond donors (Lipinski definition) is 2. The maximum absolute atomic E-state index is 12.5. The van der Waals surface area contributed by atoms with Crippen LogP contribution in [-0.4, -0.2) is 55.5 Å². The maximum Gasteiger partial charge on any atom is 0.321 e. The van der Waals surface area contributed by atoms with Gasteiger partial charge in [0.15, 0.2) is 0 Å². The van der Waals surface area contributed by atoms with Gasteiger partial charge in [-0.2, -0.15) is 0 Å². The molecule has 0 atom stereocenters. The molecule has 1 saturated heterocycles.